The molecule has 1 heterocycles. The lowest BCUT2D eigenvalue weighted by atomic mass is 10.0. The second-order valence-electron chi connectivity index (χ2n) is 10.4. The minimum Gasteiger partial charge on any atom is -0.414 e. The molecule has 0 amide bonds. The van der Waals surface area contributed by atoms with E-state index in [1.165, 1.54) is 57.8 Å². The molecular weight excluding hydrogens is 352 g/mol. The zero-order chi connectivity index (χ0) is 20.6. The fourth-order valence-electron chi connectivity index (χ4n) is 3.46. The van der Waals surface area contributed by atoms with E-state index >= 15 is 0 Å². The quantitative estimate of drug-likeness (QED) is 0.237. The molecule has 0 N–H and O–H groups in total. The summed E-state index contributed by atoms with van der Waals surface area (Å²) in [7, 11) is -1.75. The number of unbranched alkanes of at least 4 members (excludes halogenated alkanes) is 8. The molecule has 0 bridgehead atoms. The van der Waals surface area contributed by atoms with Crippen molar-refractivity contribution in [2.24, 2.45) is 0 Å². The summed E-state index contributed by atoms with van der Waals surface area (Å²) in [4.78, 5) is 0. The molecular formula is C23H48O3Si. The van der Waals surface area contributed by atoms with Crippen LogP contribution in [0.3, 0.4) is 0 Å². The van der Waals surface area contributed by atoms with Gasteiger partial charge in [-0.2, -0.15) is 0 Å². The maximum absolute atomic E-state index is 6.43. The topological polar surface area (TPSA) is 27.7 Å². The molecule has 1 rings (SSSR count). The average molecular weight is 401 g/mol. The molecule has 0 aromatic heterocycles. The minimum absolute atomic E-state index is 0.0724. The lowest BCUT2D eigenvalue weighted by Gasteiger charge is -2.37. The van der Waals surface area contributed by atoms with Crippen LogP contribution in [-0.2, 0) is 13.9 Å². The number of ether oxygens (including phenoxy) is 2. The summed E-state index contributed by atoms with van der Waals surface area (Å²) in [5, 5.41) is 0.231. The Balaban J connectivity index is 2.31. The number of hydrogen-bond acceptors (Lipinski definition) is 3. The zero-order valence-electron chi connectivity index (χ0n) is 19.7. The van der Waals surface area contributed by atoms with Crippen molar-refractivity contribution in [1.29, 1.82) is 0 Å². The van der Waals surface area contributed by atoms with E-state index in [4.69, 9.17) is 13.9 Å². The van der Waals surface area contributed by atoms with Crippen molar-refractivity contribution in [3.8, 4) is 0 Å². The first kappa shape index (κ1) is 25.1. The van der Waals surface area contributed by atoms with Crippen molar-refractivity contribution in [1.82, 2.24) is 0 Å². The van der Waals surface area contributed by atoms with Gasteiger partial charge in [-0.05, 0) is 38.4 Å². The first-order chi connectivity index (χ1) is 12.5. The Labute approximate surface area is 171 Å². The molecule has 0 spiro atoms. The predicted octanol–water partition coefficient (Wildman–Crippen LogP) is 7.45. The van der Waals surface area contributed by atoms with Crippen LogP contribution in [0.25, 0.3) is 0 Å². The maximum Gasteiger partial charge on any atom is 0.192 e. The molecule has 162 valence electrons. The molecule has 1 fully saturated rings. The maximum atomic E-state index is 6.43. The third-order valence-corrected chi connectivity index (χ3v) is 10.8. The molecule has 1 saturated heterocycles. The lowest BCUT2D eigenvalue weighted by molar-refractivity contribution is -0.149. The van der Waals surface area contributed by atoms with Crippen LogP contribution in [0, 0.1) is 0 Å². The average Bonchev–Trinajstić information content (AvgIpc) is 2.84. The van der Waals surface area contributed by atoms with Crippen LogP contribution in [0.1, 0.15) is 106 Å². The van der Waals surface area contributed by atoms with Gasteiger partial charge in [0.05, 0.1) is 12.7 Å². The van der Waals surface area contributed by atoms with Crippen molar-refractivity contribution in [3.05, 3.63) is 0 Å². The van der Waals surface area contributed by atoms with Gasteiger partial charge in [0.1, 0.15) is 6.10 Å². The van der Waals surface area contributed by atoms with Gasteiger partial charge in [0.15, 0.2) is 14.1 Å². The highest BCUT2D eigenvalue weighted by molar-refractivity contribution is 6.74. The Morgan fingerprint density at radius 2 is 1.30 bits per heavy atom. The van der Waals surface area contributed by atoms with Crippen LogP contribution < -0.4 is 0 Å². The van der Waals surface area contributed by atoms with E-state index in [0.29, 0.717) is 6.61 Å². The second-order valence-corrected chi connectivity index (χ2v) is 15.2. The van der Waals surface area contributed by atoms with Gasteiger partial charge in [0.2, 0.25) is 0 Å². The van der Waals surface area contributed by atoms with Crippen LogP contribution in [0.2, 0.25) is 18.1 Å². The van der Waals surface area contributed by atoms with E-state index in [-0.39, 0.29) is 17.2 Å². The van der Waals surface area contributed by atoms with E-state index in [9.17, 15) is 0 Å². The normalized spacial score (nSPS) is 23.1. The molecule has 3 nitrogen and oxygen atoms in total. The van der Waals surface area contributed by atoms with Crippen molar-refractivity contribution < 1.29 is 13.9 Å². The fourth-order valence-corrected chi connectivity index (χ4v) is 4.47. The summed E-state index contributed by atoms with van der Waals surface area (Å²) < 4.78 is 18.8. The summed E-state index contributed by atoms with van der Waals surface area (Å²) in [5.41, 5.74) is 0. The van der Waals surface area contributed by atoms with Crippen LogP contribution in [0.15, 0.2) is 0 Å². The lowest BCUT2D eigenvalue weighted by Crippen LogP contribution is -2.44. The third-order valence-electron chi connectivity index (χ3n) is 6.29. The third kappa shape index (κ3) is 9.43. The fraction of sp³-hybridized carbons (Fsp3) is 1.00. The van der Waals surface area contributed by atoms with Gasteiger partial charge in [-0.25, -0.2) is 0 Å². The first-order valence-electron chi connectivity index (χ1n) is 11.5. The summed E-state index contributed by atoms with van der Waals surface area (Å²) in [6.45, 7) is 18.5. The highest BCUT2D eigenvalue weighted by atomic mass is 28.4. The summed E-state index contributed by atoms with van der Waals surface area (Å²) in [6, 6.07) is 0. The highest BCUT2D eigenvalue weighted by Crippen LogP contribution is 2.38. The molecule has 1 aliphatic rings. The number of rotatable bonds is 13. The Morgan fingerprint density at radius 3 is 1.81 bits per heavy atom. The van der Waals surface area contributed by atoms with E-state index in [1.54, 1.807) is 0 Å². The standard InChI is InChI=1S/C23H48O3Si/c1-9-10-11-12-13-14-15-16-17-18-20-21(26-23(5,6)25-20)19-24-27(7,8)22(2,3)4/h20-21H,9-19H2,1-8H3/t20-,21-/m1/s1. The monoisotopic (exact) mass is 400 g/mol. The molecule has 1 aliphatic heterocycles. The molecule has 2 atom stereocenters. The van der Waals surface area contributed by atoms with Gasteiger partial charge < -0.3 is 13.9 Å². The largest absolute Gasteiger partial charge is 0.414 e. The molecule has 4 heteroatoms. The molecule has 0 aromatic rings. The second kappa shape index (κ2) is 11.3. The van der Waals surface area contributed by atoms with Gasteiger partial charge in [0.25, 0.3) is 0 Å². The SMILES string of the molecule is CCCCCCCCCCC[C@H]1OC(C)(C)O[C@@H]1CO[Si](C)(C)C(C)(C)C. The van der Waals surface area contributed by atoms with Gasteiger partial charge in [-0.1, -0.05) is 85.5 Å². The molecule has 0 aromatic carbocycles. The van der Waals surface area contributed by atoms with Crippen LogP contribution >= 0.6 is 0 Å². The molecule has 0 aliphatic carbocycles. The minimum atomic E-state index is -1.75. The predicted molar refractivity (Wildman–Crippen MR) is 119 cm³/mol. The van der Waals surface area contributed by atoms with E-state index in [0.717, 1.165) is 6.42 Å². The highest BCUT2D eigenvalue weighted by Gasteiger charge is 2.43. The van der Waals surface area contributed by atoms with Crippen LogP contribution in [-0.4, -0.2) is 32.9 Å². The summed E-state index contributed by atoms with van der Waals surface area (Å²) in [5.74, 6) is -0.481. The van der Waals surface area contributed by atoms with Gasteiger partial charge in [-0.15, -0.1) is 0 Å². The van der Waals surface area contributed by atoms with E-state index in [1.807, 2.05) is 13.8 Å². The van der Waals surface area contributed by atoms with Crippen molar-refractivity contribution in [2.45, 2.75) is 142 Å². The Kier molecular flexibility index (Phi) is 10.5. The van der Waals surface area contributed by atoms with Crippen molar-refractivity contribution in [2.75, 3.05) is 6.61 Å². The molecule has 0 saturated carbocycles. The van der Waals surface area contributed by atoms with Gasteiger partial charge in [-0.3, -0.25) is 0 Å². The Morgan fingerprint density at radius 1 is 0.815 bits per heavy atom. The first-order valence-corrected chi connectivity index (χ1v) is 14.4. The number of hydrogen-bond donors (Lipinski definition) is 0. The zero-order valence-corrected chi connectivity index (χ0v) is 20.7. The Hall–Kier alpha value is 0.0969. The Bertz CT molecular complexity index is 401. The van der Waals surface area contributed by atoms with E-state index in [2.05, 4.69) is 40.8 Å². The molecule has 27 heavy (non-hydrogen) atoms. The van der Waals surface area contributed by atoms with Crippen molar-refractivity contribution >= 4 is 8.32 Å². The molecule has 0 radical (unpaired) electrons. The van der Waals surface area contributed by atoms with Crippen LogP contribution in [0.4, 0.5) is 0 Å². The summed E-state index contributed by atoms with van der Waals surface area (Å²) >= 11 is 0. The smallest absolute Gasteiger partial charge is 0.192 e. The summed E-state index contributed by atoms with van der Waals surface area (Å²) in [6.07, 6.45) is 13.6. The van der Waals surface area contributed by atoms with Crippen molar-refractivity contribution in [3.63, 3.8) is 0 Å². The van der Waals surface area contributed by atoms with Gasteiger partial charge in [0, 0.05) is 0 Å². The van der Waals surface area contributed by atoms with E-state index < -0.39 is 14.1 Å². The van der Waals surface area contributed by atoms with Crippen LogP contribution in [0.5, 0.6) is 0 Å². The van der Waals surface area contributed by atoms with Gasteiger partial charge >= 0.3 is 0 Å². The molecule has 0 unspecified atom stereocenters.